The van der Waals surface area contributed by atoms with Crippen LogP contribution in [-0.2, 0) is 9.59 Å². The van der Waals surface area contributed by atoms with Gasteiger partial charge in [0.15, 0.2) is 0 Å². The SMILES string of the molecule is COc1ccc(OC)c([C@@H]2CN(C(=O)C3CC3)C[C@H]2C(=O)N2CCN(c3ccccc3C)CC2)c1. The zero-order valence-electron chi connectivity index (χ0n) is 20.9. The number of hydrogen-bond donors (Lipinski definition) is 0. The molecule has 35 heavy (non-hydrogen) atoms. The molecule has 2 amide bonds. The maximum absolute atomic E-state index is 13.9. The maximum Gasteiger partial charge on any atom is 0.228 e. The summed E-state index contributed by atoms with van der Waals surface area (Å²) in [6, 6.07) is 14.1. The van der Waals surface area contributed by atoms with E-state index in [1.165, 1.54) is 11.3 Å². The van der Waals surface area contributed by atoms with Gasteiger partial charge < -0.3 is 24.2 Å². The minimum atomic E-state index is -0.288. The zero-order chi connectivity index (χ0) is 24.5. The first kappa shape index (κ1) is 23.5. The molecule has 2 heterocycles. The first-order valence-electron chi connectivity index (χ1n) is 12.6. The molecule has 0 spiro atoms. The topological polar surface area (TPSA) is 62.3 Å². The van der Waals surface area contributed by atoms with Crippen LogP contribution in [0.1, 0.15) is 29.9 Å². The van der Waals surface area contributed by atoms with Gasteiger partial charge in [-0.2, -0.15) is 0 Å². The van der Waals surface area contributed by atoms with Crippen molar-refractivity contribution in [2.45, 2.75) is 25.7 Å². The molecule has 186 valence electrons. The average Bonchev–Trinajstić information content (AvgIpc) is 3.66. The molecule has 7 nitrogen and oxygen atoms in total. The largest absolute Gasteiger partial charge is 0.497 e. The van der Waals surface area contributed by atoms with E-state index in [1.54, 1.807) is 14.2 Å². The molecule has 1 saturated carbocycles. The van der Waals surface area contributed by atoms with Gasteiger partial charge in [-0.1, -0.05) is 18.2 Å². The van der Waals surface area contributed by atoms with Gasteiger partial charge in [-0.25, -0.2) is 0 Å². The minimum Gasteiger partial charge on any atom is -0.497 e. The van der Waals surface area contributed by atoms with Crippen molar-refractivity contribution in [2.24, 2.45) is 11.8 Å². The molecule has 0 aromatic heterocycles. The Morgan fingerprint density at radius 1 is 0.857 bits per heavy atom. The Balaban J connectivity index is 1.36. The number of para-hydroxylation sites is 1. The molecule has 5 rings (SSSR count). The van der Waals surface area contributed by atoms with Crippen LogP contribution in [-0.4, -0.2) is 75.1 Å². The summed E-state index contributed by atoms with van der Waals surface area (Å²) in [5.74, 6) is 1.51. The number of benzene rings is 2. The fourth-order valence-corrected chi connectivity index (χ4v) is 5.59. The Labute approximate surface area is 207 Å². The second-order valence-corrected chi connectivity index (χ2v) is 9.94. The van der Waals surface area contributed by atoms with Crippen LogP contribution in [0.4, 0.5) is 5.69 Å². The van der Waals surface area contributed by atoms with E-state index in [0.29, 0.717) is 26.2 Å². The van der Waals surface area contributed by atoms with Gasteiger partial charge in [0, 0.05) is 62.4 Å². The van der Waals surface area contributed by atoms with Crippen molar-refractivity contribution in [3.63, 3.8) is 0 Å². The number of ether oxygens (including phenoxy) is 2. The lowest BCUT2D eigenvalue weighted by atomic mass is 9.87. The quantitative estimate of drug-likeness (QED) is 0.639. The van der Waals surface area contributed by atoms with Gasteiger partial charge in [-0.15, -0.1) is 0 Å². The number of rotatable bonds is 6. The van der Waals surface area contributed by atoms with Gasteiger partial charge >= 0.3 is 0 Å². The van der Waals surface area contributed by atoms with Crippen molar-refractivity contribution in [1.29, 1.82) is 0 Å². The van der Waals surface area contributed by atoms with Crippen LogP contribution in [0.15, 0.2) is 42.5 Å². The van der Waals surface area contributed by atoms with E-state index in [1.807, 2.05) is 28.0 Å². The Hall–Kier alpha value is -3.22. The number of amides is 2. The van der Waals surface area contributed by atoms with E-state index in [2.05, 4.69) is 36.1 Å². The monoisotopic (exact) mass is 477 g/mol. The average molecular weight is 478 g/mol. The van der Waals surface area contributed by atoms with Gasteiger partial charge in [0.1, 0.15) is 11.5 Å². The van der Waals surface area contributed by atoms with E-state index < -0.39 is 0 Å². The third kappa shape index (κ3) is 4.68. The molecule has 1 aliphatic carbocycles. The zero-order valence-corrected chi connectivity index (χ0v) is 20.9. The van der Waals surface area contributed by atoms with Crippen molar-refractivity contribution in [3.05, 3.63) is 53.6 Å². The first-order chi connectivity index (χ1) is 17.0. The summed E-state index contributed by atoms with van der Waals surface area (Å²) in [5.41, 5.74) is 3.43. The first-order valence-corrected chi connectivity index (χ1v) is 12.6. The molecule has 0 N–H and O–H groups in total. The molecule has 0 radical (unpaired) electrons. The van der Waals surface area contributed by atoms with Crippen LogP contribution in [0.3, 0.4) is 0 Å². The van der Waals surface area contributed by atoms with Gasteiger partial charge in [0.05, 0.1) is 20.1 Å². The lowest BCUT2D eigenvalue weighted by Gasteiger charge is -2.38. The van der Waals surface area contributed by atoms with Crippen LogP contribution in [0.2, 0.25) is 0 Å². The Kier molecular flexibility index (Phi) is 6.58. The van der Waals surface area contributed by atoms with Gasteiger partial charge in [0.25, 0.3) is 0 Å². The van der Waals surface area contributed by atoms with Gasteiger partial charge in [0.2, 0.25) is 11.8 Å². The summed E-state index contributed by atoms with van der Waals surface area (Å²) in [4.78, 5) is 33.1. The van der Waals surface area contributed by atoms with Crippen molar-refractivity contribution < 1.29 is 19.1 Å². The molecule has 2 aromatic carbocycles. The Bertz CT molecular complexity index is 1090. The number of hydrogen-bond acceptors (Lipinski definition) is 5. The van der Waals surface area contributed by atoms with Crippen molar-refractivity contribution in [3.8, 4) is 11.5 Å². The normalized spacial score (nSPS) is 22.3. The molecule has 2 saturated heterocycles. The highest BCUT2D eigenvalue weighted by Crippen LogP contribution is 2.42. The van der Waals surface area contributed by atoms with Gasteiger partial charge in [-0.3, -0.25) is 9.59 Å². The predicted molar refractivity (Wildman–Crippen MR) is 135 cm³/mol. The molecule has 2 aliphatic heterocycles. The van der Waals surface area contributed by atoms with Crippen LogP contribution < -0.4 is 14.4 Å². The number of carbonyl (C=O) groups is 2. The highest BCUT2D eigenvalue weighted by atomic mass is 16.5. The van der Waals surface area contributed by atoms with E-state index in [0.717, 1.165) is 43.0 Å². The molecular weight excluding hydrogens is 442 g/mol. The van der Waals surface area contributed by atoms with E-state index in [-0.39, 0.29) is 29.6 Å². The third-order valence-corrected chi connectivity index (χ3v) is 7.76. The lowest BCUT2D eigenvalue weighted by molar-refractivity contribution is -0.136. The van der Waals surface area contributed by atoms with E-state index in [4.69, 9.17) is 9.47 Å². The Morgan fingerprint density at radius 2 is 1.60 bits per heavy atom. The highest BCUT2D eigenvalue weighted by Gasteiger charge is 2.46. The minimum absolute atomic E-state index is 0.121. The number of likely N-dealkylation sites (tertiary alicyclic amines) is 1. The van der Waals surface area contributed by atoms with E-state index in [9.17, 15) is 9.59 Å². The number of piperazine rings is 1. The van der Waals surface area contributed by atoms with Crippen LogP contribution in [0, 0.1) is 18.8 Å². The molecular formula is C28H35N3O4. The highest BCUT2D eigenvalue weighted by molar-refractivity contribution is 5.85. The number of methoxy groups -OCH3 is 2. The number of anilines is 1. The standard InChI is InChI=1S/C28H35N3O4/c1-19-6-4-5-7-25(19)29-12-14-30(15-13-29)28(33)24-18-31(27(32)20-8-9-20)17-23(24)22-16-21(34-2)10-11-26(22)35-3/h4-7,10-11,16,20,23-24H,8-9,12-15,17-18H2,1-3H3/t23-,24+/m0/s1. The number of carbonyl (C=O) groups excluding carboxylic acids is 2. The summed E-state index contributed by atoms with van der Waals surface area (Å²) in [5, 5.41) is 0. The fraction of sp³-hybridized carbons (Fsp3) is 0.500. The summed E-state index contributed by atoms with van der Waals surface area (Å²) >= 11 is 0. The summed E-state index contributed by atoms with van der Waals surface area (Å²) in [6.45, 7) is 6.12. The number of aryl methyl sites for hydroxylation is 1. The third-order valence-electron chi connectivity index (χ3n) is 7.76. The second kappa shape index (κ2) is 9.80. The van der Waals surface area contributed by atoms with Crippen LogP contribution in [0.25, 0.3) is 0 Å². The number of nitrogens with zero attached hydrogens (tertiary/aromatic N) is 3. The predicted octanol–water partition coefficient (Wildman–Crippen LogP) is 3.31. The van der Waals surface area contributed by atoms with Crippen LogP contribution in [0.5, 0.6) is 11.5 Å². The van der Waals surface area contributed by atoms with Crippen molar-refractivity contribution in [1.82, 2.24) is 9.80 Å². The summed E-state index contributed by atoms with van der Waals surface area (Å²) in [6.07, 6.45) is 1.92. The molecule has 0 unspecified atom stereocenters. The second-order valence-electron chi connectivity index (χ2n) is 9.94. The van der Waals surface area contributed by atoms with Gasteiger partial charge in [-0.05, 0) is 49.6 Å². The van der Waals surface area contributed by atoms with Crippen molar-refractivity contribution in [2.75, 3.05) is 58.4 Å². The molecule has 2 aromatic rings. The fourth-order valence-electron chi connectivity index (χ4n) is 5.59. The lowest BCUT2D eigenvalue weighted by Crippen LogP contribution is -2.51. The molecule has 7 heteroatoms. The molecule has 0 bridgehead atoms. The summed E-state index contributed by atoms with van der Waals surface area (Å²) < 4.78 is 11.1. The molecule has 3 aliphatic rings. The Morgan fingerprint density at radius 3 is 2.26 bits per heavy atom. The molecule has 2 atom stereocenters. The van der Waals surface area contributed by atoms with Crippen molar-refractivity contribution >= 4 is 17.5 Å². The van der Waals surface area contributed by atoms with Crippen LogP contribution >= 0.6 is 0 Å². The maximum atomic E-state index is 13.9. The van der Waals surface area contributed by atoms with E-state index >= 15 is 0 Å². The smallest absolute Gasteiger partial charge is 0.228 e. The summed E-state index contributed by atoms with van der Waals surface area (Å²) in [7, 11) is 3.29. The molecule has 3 fully saturated rings.